The Morgan fingerprint density at radius 3 is 2.90 bits per heavy atom. The maximum atomic E-state index is 5.93. The minimum atomic E-state index is 0.495. The van der Waals surface area contributed by atoms with Crippen molar-refractivity contribution in [2.45, 2.75) is 6.54 Å². The number of ether oxygens (including phenoxy) is 2. The number of halogens is 1. The van der Waals surface area contributed by atoms with Crippen LogP contribution in [0.25, 0.3) is 11.4 Å². The van der Waals surface area contributed by atoms with Crippen molar-refractivity contribution in [2.24, 2.45) is 0 Å². The van der Waals surface area contributed by atoms with E-state index in [-0.39, 0.29) is 0 Å². The van der Waals surface area contributed by atoms with Crippen LogP contribution in [0.4, 0.5) is 5.69 Å². The quantitative estimate of drug-likeness (QED) is 0.611. The van der Waals surface area contributed by atoms with Crippen LogP contribution in [0, 0.1) is 0 Å². The Hall–Kier alpha value is -1.70. The van der Waals surface area contributed by atoms with Gasteiger partial charge in [0.15, 0.2) is 5.82 Å². The van der Waals surface area contributed by atoms with Crippen LogP contribution in [0.15, 0.2) is 18.2 Å². The standard InChI is InChI=1S/C12H16ClN5O2/c1-19-6-7-20-5-4-18-12(15-16-17-18)10-3-2-9(13)8-11(10)14/h2-3,8H,4-7,14H2,1H3. The Kier molecular flexibility index (Phi) is 5.28. The van der Waals surface area contributed by atoms with E-state index < -0.39 is 0 Å². The zero-order valence-electron chi connectivity index (χ0n) is 11.1. The molecule has 1 aromatic heterocycles. The fourth-order valence-corrected chi connectivity index (χ4v) is 1.86. The Morgan fingerprint density at radius 1 is 1.30 bits per heavy atom. The van der Waals surface area contributed by atoms with Crippen molar-refractivity contribution in [3.63, 3.8) is 0 Å². The van der Waals surface area contributed by atoms with Gasteiger partial charge in [0.05, 0.1) is 26.4 Å². The van der Waals surface area contributed by atoms with E-state index in [2.05, 4.69) is 15.5 Å². The second kappa shape index (κ2) is 7.18. The lowest BCUT2D eigenvalue weighted by Gasteiger charge is -2.07. The Balaban J connectivity index is 2.04. The Morgan fingerprint density at radius 2 is 2.15 bits per heavy atom. The molecule has 0 aliphatic heterocycles. The number of hydrogen-bond donors (Lipinski definition) is 1. The lowest BCUT2D eigenvalue weighted by atomic mass is 10.1. The third-order valence-corrected chi connectivity index (χ3v) is 2.90. The van der Waals surface area contributed by atoms with Crippen LogP contribution in [0.3, 0.4) is 0 Å². The highest BCUT2D eigenvalue weighted by Gasteiger charge is 2.12. The molecule has 108 valence electrons. The van der Waals surface area contributed by atoms with E-state index in [0.29, 0.717) is 42.9 Å². The van der Waals surface area contributed by atoms with Gasteiger partial charge in [-0.2, -0.15) is 0 Å². The van der Waals surface area contributed by atoms with Crippen LogP contribution in [-0.2, 0) is 16.0 Å². The molecule has 0 spiro atoms. The molecule has 1 heterocycles. The number of aromatic nitrogens is 4. The van der Waals surface area contributed by atoms with E-state index in [1.165, 1.54) is 0 Å². The van der Waals surface area contributed by atoms with Crippen molar-refractivity contribution < 1.29 is 9.47 Å². The van der Waals surface area contributed by atoms with Gasteiger partial charge in [-0.05, 0) is 28.6 Å². The lowest BCUT2D eigenvalue weighted by molar-refractivity contribution is 0.0654. The summed E-state index contributed by atoms with van der Waals surface area (Å²) in [5.41, 5.74) is 7.22. The van der Waals surface area contributed by atoms with Gasteiger partial charge in [-0.25, -0.2) is 4.68 Å². The average Bonchev–Trinajstić information content (AvgIpc) is 2.87. The summed E-state index contributed by atoms with van der Waals surface area (Å²) in [6.07, 6.45) is 0. The monoisotopic (exact) mass is 297 g/mol. The summed E-state index contributed by atoms with van der Waals surface area (Å²) in [5.74, 6) is 0.592. The van der Waals surface area contributed by atoms with Gasteiger partial charge in [-0.1, -0.05) is 11.6 Å². The maximum Gasteiger partial charge on any atom is 0.184 e. The number of nitrogens with two attached hydrogens (primary N) is 1. The molecular formula is C12H16ClN5O2. The Labute approximate surface area is 121 Å². The van der Waals surface area contributed by atoms with Gasteiger partial charge in [0, 0.05) is 23.4 Å². The molecule has 2 rings (SSSR count). The maximum absolute atomic E-state index is 5.93. The molecule has 20 heavy (non-hydrogen) atoms. The van der Waals surface area contributed by atoms with Gasteiger partial charge in [-0.15, -0.1) is 5.10 Å². The molecule has 0 aliphatic carbocycles. The number of methoxy groups -OCH3 is 1. The van der Waals surface area contributed by atoms with E-state index in [1.54, 1.807) is 30.0 Å². The number of tetrazole rings is 1. The summed E-state index contributed by atoms with van der Waals surface area (Å²) in [4.78, 5) is 0. The number of hydrogen-bond acceptors (Lipinski definition) is 6. The smallest absolute Gasteiger partial charge is 0.184 e. The highest BCUT2D eigenvalue weighted by molar-refractivity contribution is 6.31. The molecule has 7 nitrogen and oxygen atoms in total. The number of anilines is 1. The highest BCUT2D eigenvalue weighted by Crippen LogP contribution is 2.26. The molecule has 0 amide bonds. The van der Waals surface area contributed by atoms with Crippen molar-refractivity contribution in [1.82, 2.24) is 20.2 Å². The summed E-state index contributed by atoms with van der Waals surface area (Å²) < 4.78 is 11.9. The molecule has 0 aliphatic rings. The minimum absolute atomic E-state index is 0.495. The second-order valence-electron chi connectivity index (χ2n) is 4.06. The summed E-state index contributed by atoms with van der Waals surface area (Å²) in [6.45, 7) is 2.13. The predicted octanol–water partition coefficient (Wildman–Crippen LogP) is 1.24. The van der Waals surface area contributed by atoms with E-state index in [4.69, 9.17) is 26.8 Å². The number of rotatable bonds is 7. The highest BCUT2D eigenvalue weighted by atomic mass is 35.5. The van der Waals surface area contributed by atoms with Crippen LogP contribution >= 0.6 is 11.6 Å². The van der Waals surface area contributed by atoms with Crippen molar-refractivity contribution >= 4 is 17.3 Å². The molecule has 2 aromatic rings. The van der Waals surface area contributed by atoms with E-state index in [1.807, 2.05) is 0 Å². The van der Waals surface area contributed by atoms with Gasteiger partial charge in [0.1, 0.15) is 0 Å². The summed E-state index contributed by atoms with van der Waals surface area (Å²) >= 11 is 5.88. The average molecular weight is 298 g/mol. The molecule has 2 N–H and O–H groups in total. The van der Waals surface area contributed by atoms with Crippen LogP contribution in [0.1, 0.15) is 0 Å². The topological polar surface area (TPSA) is 88.1 Å². The van der Waals surface area contributed by atoms with Gasteiger partial charge >= 0.3 is 0 Å². The molecule has 1 aromatic carbocycles. The fraction of sp³-hybridized carbons (Fsp3) is 0.417. The summed E-state index contributed by atoms with van der Waals surface area (Å²) in [6, 6.07) is 5.22. The molecule has 0 saturated heterocycles. The van der Waals surface area contributed by atoms with E-state index >= 15 is 0 Å². The SMILES string of the molecule is COCCOCCn1nnnc1-c1ccc(Cl)cc1N. The van der Waals surface area contributed by atoms with Crippen molar-refractivity contribution in [3.05, 3.63) is 23.2 Å². The van der Waals surface area contributed by atoms with E-state index in [9.17, 15) is 0 Å². The van der Waals surface area contributed by atoms with Crippen molar-refractivity contribution in [2.75, 3.05) is 32.7 Å². The first-order chi connectivity index (χ1) is 9.72. The van der Waals surface area contributed by atoms with Gasteiger partial charge in [0.25, 0.3) is 0 Å². The van der Waals surface area contributed by atoms with Gasteiger partial charge in [-0.3, -0.25) is 0 Å². The van der Waals surface area contributed by atoms with Crippen LogP contribution in [-0.4, -0.2) is 47.1 Å². The second-order valence-corrected chi connectivity index (χ2v) is 4.50. The first-order valence-electron chi connectivity index (χ1n) is 6.10. The largest absolute Gasteiger partial charge is 0.398 e. The van der Waals surface area contributed by atoms with Crippen LogP contribution < -0.4 is 5.73 Å². The molecule has 0 atom stereocenters. The molecule has 8 heteroatoms. The third kappa shape index (κ3) is 3.66. The molecule has 0 bridgehead atoms. The minimum Gasteiger partial charge on any atom is -0.398 e. The summed E-state index contributed by atoms with van der Waals surface area (Å²) in [7, 11) is 1.63. The third-order valence-electron chi connectivity index (χ3n) is 2.67. The molecular weight excluding hydrogens is 282 g/mol. The normalized spacial score (nSPS) is 10.9. The van der Waals surface area contributed by atoms with E-state index in [0.717, 1.165) is 5.56 Å². The van der Waals surface area contributed by atoms with Crippen molar-refractivity contribution in [1.29, 1.82) is 0 Å². The van der Waals surface area contributed by atoms with Crippen LogP contribution in [0.2, 0.25) is 5.02 Å². The molecule has 0 saturated carbocycles. The summed E-state index contributed by atoms with van der Waals surface area (Å²) in [5, 5.41) is 12.2. The van der Waals surface area contributed by atoms with Gasteiger partial charge < -0.3 is 15.2 Å². The number of nitrogen functional groups attached to an aromatic ring is 1. The zero-order valence-corrected chi connectivity index (χ0v) is 11.9. The zero-order chi connectivity index (χ0) is 14.4. The molecule has 0 radical (unpaired) electrons. The van der Waals surface area contributed by atoms with Crippen LogP contribution in [0.5, 0.6) is 0 Å². The predicted molar refractivity (Wildman–Crippen MR) is 75.4 cm³/mol. The number of nitrogens with zero attached hydrogens (tertiary/aromatic N) is 4. The number of benzene rings is 1. The molecule has 0 unspecified atom stereocenters. The van der Waals surface area contributed by atoms with Gasteiger partial charge in [0.2, 0.25) is 0 Å². The first-order valence-corrected chi connectivity index (χ1v) is 6.48. The lowest BCUT2D eigenvalue weighted by Crippen LogP contribution is -2.12. The first kappa shape index (κ1) is 14.7. The fourth-order valence-electron chi connectivity index (χ4n) is 1.68. The molecule has 0 fully saturated rings. The Bertz CT molecular complexity index is 561. The van der Waals surface area contributed by atoms with Crippen molar-refractivity contribution in [3.8, 4) is 11.4 Å².